The molecule has 0 fully saturated rings. The van der Waals surface area contributed by atoms with Gasteiger partial charge in [0.15, 0.2) is 0 Å². The maximum atomic E-state index is 12.3. The van der Waals surface area contributed by atoms with Gasteiger partial charge in [-0.15, -0.1) is 0 Å². The monoisotopic (exact) mass is 263 g/mol. The van der Waals surface area contributed by atoms with E-state index >= 15 is 0 Å². The Morgan fingerprint density at radius 1 is 1.42 bits per heavy atom. The van der Waals surface area contributed by atoms with Gasteiger partial charge >= 0.3 is 11.6 Å². The maximum Gasteiger partial charge on any atom is 0.320 e. The number of nitro groups is 1. The van der Waals surface area contributed by atoms with Gasteiger partial charge in [-0.3, -0.25) is 19.6 Å². The highest BCUT2D eigenvalue weighted by atomic mass is 16.6. The first-order valence-corrected chi connectivity index (χ1v) is 5.73. The summed E-state index contributed by atoms with van der Waals surface area (Å²) in [6.45, 7) is 5.69. The SMILES string of the molecule is CCn1cc([N+](=O)[O-])c(C(=O)n2nc(C)cc2C)n1. The zero-order chi connectivity index (χ0) is 14.2. The molecular formula is C11H13N5O3. The Morgan fingerprint density at radius 2 is 2.11 bits per heavy atom. The number of hydrogen-bond donors (Lipinski definition) is 0. The van der Waals surface area contributed by atoms with Crippen molar-refractivity contribution < 1.29 is 9.72 Å². The van der Waals surface area contributed by atoms with E-state index in [1.54, 1.807) is 26.8 Å². The van der Waals surface area contributed by atoms with E-state index in [2.05, 4.69) is 10.2 Å². The van der Waals surface area contributed by atoms with Crippen LogP contribution in [0.4, 0.5) is 5.69 Å². The maximum absolute atomic E-state index is 12.3. The molecule has 0 aromatic carbocycles. The molecule has 2 rings (SSSR count). The minimum Gasteiger partial charge on any atom is -0.265 e. The first-order valence-electron chi connectivity index (χ1n) is 5.73. The first-order chi connectivity index (χ1) is 8.93. The van der Waals surface area contributed by atoms with Crippen LogP contribution in [0.2, 0.25) is 0 Å². The van der Waals surface area contributed by atoms with Crippen LogP contribution in [0.1, 0.15) is 28.8 Å². The average molecular weight is 263 g/mol. The van der Waals surface area contributed by atoms with Gasteiger partial charge in [0, 0.05) is 12.2 Å². The predicted octanol–water partition coefficient (Wildman–Crippen LogP) is 1.31. The van der Waals surface area contributed by atoms with Crippen LogP contribution in [-0.4, -0.2) is 30.4 Å². The molecule has 0 aliphatic heterocycles. The van der Waals surface area contributed by atoms with Crippen molar-refractivity contribution in [3.63, 3.8) is 0 Å². The van der Waals surface area contributed by atoms with Crippen LogP contribution in [0.5, 0.6) is 0 Å². The van der Waals surface area contributed by atoms with Gasteiger partial charge < -0.3 is 0 Å². The van der Waals surface area contributed by atoms with Crippen molar-refractivity contribution >= 4 is 11.6 Å². The van der Waals surface area contributed by atoms with Gasteiger partial charge in [0.05, 0.1) is 10.6 Å². The molecular weight excluding hydrogens is 250 g/mol. The summed E-state index contributed by atoms with van der Waals surface area (Å²) < 4.78 is 2.49. The summed E-state index contributed by atoms with van der Waals surface area (Å²) in [5, 5.41) is 18.9. The lowest BCUT2D eigenvalue weighted by Crippen LogP contribution is -2.17. The molecule has 0 spiro atoms. The summed E-state index contributed by atoms with van der Waals surface area (Å²) in [5.74, 6) is -0.593. The Bertz CT molecular complexity index is 655. The fourth-order valence-electron chi connectivity index (χ4n) is 1.79. The van der Waals surface area contributed by atoms with Gasteiger partial charge in [-0.1, -0.05) is 0 Å². The molecule has 100 valence electrons. The van der Waals surface area contributed by atoms with E-state index in [1.165, 1.54) is 10.9 Å². The van der Waals surface area contributed by atoms with Crippen LogP contribution in [0.25, 0.3) is 0 Å². The predicted molar refractivity (Wildman–Crippen MR) is 66.0 cm³/mol. The summed E-state index contributed by atoms with van der Waals surface area (Å²) in [6, 6.07) is 1.72. The van der Waals surface area contributed by atoms with E-state index in [0.717, 1.165) is 4.68 Å². The zero-order valence-corrected chi connectivity index (χ0v) is 10.8. The number of aryl methyl sites for hydroxylation is 3. The lowest BCUT2D eigenvalue weighted by atomic mass is 10.3. The van der Waals surface area contributed by atoms with Gasteiger partial charge in [0.25, 0.3) is 0 Å². The van der Waals surface area contributed by atoms with Crippen LogP contribution in [-0.2, 0) is 6.54 Å². The molecule has 0 saturated heterocycles. The lowest BCUT2D eigenvalue weighted by Gasteiger charge is -1.99. The van der Waals surface area contributed by atoms with Gasteiger partial charge in [-0.25, -0.2) is 0 Å². The molecule has 8 nitrogen and oxygen atoms in total. The van der Waals surface area contributed by atoms with Crippen molar-refractivity contribution in [3.05, 3.63) is 39.5 Å². The largest absolute Gasteiger partial charge is 0.320 e. The van der Waals surface area contributed by atoms with Crippen LogP contribution >= 0.6 is 0 Å². The highest BCUT2D eigenvalue weighted by Crippen LogP contribution is 2.18. The third-order valence-electron chi connectivity index (χ3n) is 2.67. The molecule has 2 aromatic rings. The second kappa shape index (κ2) is 4.63. The van der Waals surface area contributed by atoms with Crippen molar-refractivity contribution in [2.45, 2.75) is 27.3 Å². The number of carbonyl (C=O) groups is 1. The van der Waals surface area contributed by atoms with E-state index in [0.29, 0.717) is 17.9 Å². The number of aromatic nitrogens is 4. The smallest absolute Gasteiger partial charge is 0.265 e. The molecule has 2 heterocycles. The first kappa shape index (κ1) is 12.9. The fourth-order valence-corrected chi connectivity index (χ4v) is 1.79. The third kappa shape index (κ3) is 2.24. The van der Waals surface area contributed by atoms with Crippen LogP contribution in [0.15, 0.2) is 12.3 Å². The molecule has 0 radical (unpaired) electrons. The minimum atomic E-state index is -0.613. The van der Waals surface area contributed by atoms with Crippen molar-refractivity contribution in [2.24, 2.45) is 0 Å². The Morgan fingerprint density at radius 3 is 2.58 bits per heavy atom. The van der Waals surface area contributed by atoms with Crippen LogP contribution in [0, 0.1) is 24.0 Å². The lowest BCUT2D eigenvalue weighted by molar-refractivity contribution is -0.385. The van der Waals surface area contributed by atoms with E-state index < -0.39 is 10.8 Å². The van der Waals surface area contributed by atoms with Gasteiger partial charge in [0.1, 0.15) is 6.20 Å². The van der Waals surface area contributed by atoms with E-state index in [4.69, 9.17) is 0 Å². The quantitative estimate of drug-likeness (QED) is 0.614. The van der Waals surface area contributed by atoms with E-state index in [9.17, 15) is 14.9 Å². The van der Waals surface area contributed by atoms with E-state index in [-0.39, 0.29) is 11.4 Å². The highest BCUT2D eigenvalue weighted by Gasteiger charge is 2.27. The minimum absolute atomic E-state index is 0.196. The Balaban J connectivity index is 2.52. The normalized spacial score (nSPS) is 10.7. The molecule has 2 aromatic heterocycles. The molecule has 0 bridgehead atoms. The van der Waals surface area contributed by atoms with E-state index in [1.807, 2.05) is 0 Å². The molecule has 0 amide bonds. The number of carbonyl (C=O) groups excluding carboxylic acids is 1. The second-order valence-electron chi connectivity index (χ2n) is 4.12. The molecule has 8 heteroatoms. The van der Waals surface area contributed by atoms with Crippen LogP contribution in [0.3, 0.4) is 0 Å². The molecule has 0 aliphatic rings. The van der Waals surface area contributed by atoms with Crippen molar-refractivity contribution in [3.8, 4) is 0 Å². The summed E-state index contributed by atoms with van der Waals surface area (Å²) in [7, 11) is 0. The summed E-state index contributed by atoms with van der Waals surface area (Å²) in [5.41, 5.74) is 0.781. The molecule has 0 atom stereocenters. The Hall–Kier alpha value is -2.51. The topological polar surface area (TPSA) is 95.8 Å². The second-order valence-corrected chi connectivity index (χ2v) is 4.12. The number of rotatable bonds is 3. The van der Waals surface area contributed by atoms with Crippen LogP contribution < -0.4 is 0 Å². The van der Waals surface area contributed by atoms with Crippen molar-refractivity contribution in [1.82, 2.24) is 19.6 Å². The average Bonchev–Trinajstić information content (AvgIpc) is 2.91. The fraction of sp³-hybridized carbons (Fsp3) is 0.364. The molecule has 19 heavy (non-hydrogen) atoms. The Kier molecular flexibility index (Phi) is 3.16. The summed E-state index contributed by atoms with van der Waals surface area (Å²) in [4.78, 5) is 22.6. The van der Waals surface area contributed by atoms with Crippen molar-refractivity contribution in [1.29, 1.82) is 0 Å². The number of hydrogen-bond acceptors (Lipinski definition) is 5. The van der Waals surface area contributed by atoms with Gasteiger partial charge in [-0.2, -0.15) is 14.9 Å². The molecule has 0 N–H and O–H groups in total. The molecule has 0 aliphatic carbocycles. The highest BCUT2D eigenvalue weighted by molar-refractivity contribution is 5.97. The Labute approximate surface area is 108 Å². The third-order valence-corrected chi connectivity index (χ3v) is 2.67. The molecule has 0 unspecified atom stereocenters. The standard InChI is InChI=1S/C11H13N5O3/c1-4-14-6-9(16(18)19)10(13-14)11(17)15-8(3)5-7(2)12-15/h5-6H,4H2,1-3H3. The van der Waals surface area contributed by atoms with Crippen molar-refractivity contribution in [2.75, 3.05) is 0 Å². The number of nitrogens with zero attached hydrogens (tertiary/aromatic N) is 5. The molecule has 0 saturated carbocycles. The zero-order valence-electron chi connectivity index (χ0n) is 10.8. The summed E-state index contributed by atoms with van der Waals surface area (Å²) >= 11 is 0. The van der Waals surface area contributed by atoms with Gasteiger partial charge in [-0.05, 0) is 26.8 Å². The summed E-state index contributed by atoms with van der Waals surface area (Å²) in [6.07, 6.45) is 1.25. The van der Waals surface area contributed by atoms with Gasteiger partial charge in [0.2, 0.25) is 5.69 Å².